The zero-order valence-electron chi connectivity index (χ0n) is 16.7. The largest absolute Gasteiger partial charge is 0.322 e. The van der Waals surface area contributed by atoms with Gasteiger partial charge in [-0.15, -0.1) is 0 Å². The van der Waals surface area contributed by atoms with E-state index in [1.165, 1.54) is 4.90 Å². The Morgan fingerprint density at radius 2 is 1.53 bits per heavy atom. The average Bonchev–Trinajstić information content (AvgIpc) is 2.95. The molecule has 0 spiro atoms. The van der Waals surface area contributed by atoms with E-state index in [0.29, 0.717) is 29.8 Å². The number of carbonyl (C=O) groups excluding carboxylic acids is 3. The quantitative estimate of drug-likeness (QED) is 0.447. The van der Waals surface area contributed by atoms with Crippen molar-refractivity contribution in [2.24, 2.45) is 11.8 Å². The minimum Gasteiger partial charge on any atom is -0.322 e. The van der Waals surface area contributed by atoms with Gasteiger partial charge in [-0.3, -0.25) is 14.4 Å². The Hall–Kier alpha value is -1.99. The molecule has 4 rings (SSSR count). The summed E-state index contributed by atoms with van der Waals surface area (Å²) in [6, 6.07) is 12.5. The molecule has 1 saturated carbocycles. The van der Waals surface area contributed by atoms with E-state index < -0.39 is 0 Å². The second-order valence-corrected chi connectivity index (χ2v) is 10.3. The lowest BCUT2D eigenvalue weighted by Gasteiger charge is -2.29. The number of alkyl halides is 2. The molecule has 2 fully saturated rings. The molecule has 4 atom stereocenters. The van der Waals surface area contributed by atoms with Crippen molar-refractivity contribution < 1.29 is 14.4 Å². The molecule has 2 aromatic rings. The maximum atomic E-state index is 13.2. The van der Waals surface area contributed by atoms with Gasteiger partial charge >= 0.3 is 0 Å². The van der Waals surface area contributed by atoms with Gasteiger partial charge in [-0.1, -0.05) is 56.1 Å². The molecular formula is C23H22Br2N2O3. The normalized spacial score (nSPS) is 25.9. The third kappa shape index (κ3) is 3.62. The van der Waals surface area contributed by atoms with Gasteiger partial charge in [0, 0.05) is 15.3 Å². The Bertz CT molecular complexity index is 1010. The van der Waals surface area contributed by atoms with Gasteiger partial charge < -0.3 is 5.32 Å². The maximum absolute atomic E-state index is 13.2. The molecule has 30 heavy (non-hydrogen) atoms. The minimum atomic E-state index is -0.356. The van der Waals surface area contributed by atoms with Crippen LogP contribution < -0.4 is 10.2 Å². The zero-order chi connectivity index (χ0) is 21.6. The number of hydrogen-bond donors (Lipinski definition) is 1. The van der Waals surface area contributed by atoms with Crippen LogP contribution in [0.25, 0.3) is 0 Å². The van der Waals surface area contributed by atoms with Crippen LogP contribution in [0.15, 0.2) is 42.5 Å². The molecule has 2 aromatic carbocycles. The number of halogens is 2. The number of carbonyl (C=O) groups is 3. The Morgan fingerprint density at radius 3 is 2.17 bits per heavy atom. The van der Waals surface area contributed by atoms with Crippen LogP contribution in [-0.4, -0.2) is 27.4 Å². The molecule has 0 bridgehead atoms. The molecule has 2 aliphatic rings. The third-order valence-electron chi connectivity index (χ3n) is 6.15. The lowest BCUT2D eigenvalue weighted by atomic mass is 9.81. The van der Waals surface area contributed by atoms with E-state index in [-0.39, 0.29) is 39.2 Å². The summed E-state index contributed by atoms with van der Waals surface area (Å²) in [6.07, 6.45) is 1.19. The van der Waals surface area contributed by atoms with E-state index in [1.54, 1.807) is 24.3 Å². The Labute approximate surface area is 192 Å². The first kappa shape index (κ1) is 21.2. The number of aryl methyl sites for hydroxylation is 1. The molecule has 0 unspecified atom stereocenters. The summed E-state index contributed by atoms with van der Waals surface area (Å²) >= 11 is 7.22. The van der Waals surface area contributed by atoms with Crippen molar-refractivity contribution in [1.29, 1.82) is 0 Å². The van der Waals surface area contributed by atoms with E-state index >= 15 is 0 Å². The fourth-order valence-corrected chi connectivity index (χ4v) is 5.51. The maximum Gasteiger partial charge on any atom is 0.257 e. The van der Waals surface area contributed by atoms with Crippen LogP contribution in [0, 0.1) is 25.7 Å². The van der Waals surface area contributed by atoms with Crippen molar-refractivity contribution in [1.82, 2.24) is 0 Å². The number of fused-ring (bicyclic) bond motifs is 1. The number of rotatable bonds is 3. The number of para-hydroxylation sites is 1. The molecular weight excluding hydrogens is 512 g/mol. The Balaban J connectivity index is 1.67. The van der Waals surface area contributed by atoms with Crippen LogP contribution in [0.2, 0.25) is 0 Å². The summed E-state index contributed by atoms with van der Waals surface area (Å²) in [5.74, 6) is -1.50. The van der Waals surface area contributed by atoms with Crippen molar-refractivity contribution >= 4 is 61.0 Å². The SMILES string of the molecule is Cc1cccc(NC(=O)c2ccccc2N2C(=O)[C@@H]3C[C@@H](Br)[C@@H](Br)C[C@H]3C2=O)c1C. The first-order chi connectivity index (χ1) is 14.3. The highest BCUT2D eigenvalue weighted by Gasteiger charge is 2.52. The van der Waals surface area contributed by atoms with Gasteiger partial charge in [0.25, 0.3) is 5.91 Å². The van der Waals surface area contributed by atoms with Gasteiger partial charge in [0.15, 0.2) is 0 Å². The first-order valence-corrected chi connectivity index (χ1v) is 11.7. The molecule has 1 aliphatic heterocycles. The number of nitrogens with zero attached hydrogens (tertiary/aromatic N) is 1. The first-order valence-electron chi connectivity index (χ1n) is 9.92. The summed E-state index contributed by atoms with van der Waals surface area (Å²) in [7, 11) is 0. The predicted octanol–water partition coefficient (Wildman–Crippen LogP) is 4.98. The van der Waals surface area contributed by atoms with E-state index in [4.69, 9.17) is 0 Å². The van der Waals surface area contributed by atoms with Gasteiger partial charge in [-0.05, 0) is 56.0 Å². The molecule has 3 amide bonds. The second-order valence-electron chi connectivity index (χ2n) is 7.95. The van der Waals surface area contributed by atoms with E-state index in [2.05, 4.69) is 37.2 Å². The number of amides is 3. The molecule has 0 radical (unpaired) electrons. The number of benzene rings is 2. The van der Waals surface area contributed by atoms with Crippen LogP contribution in [-0.2, 0) is 9.59 Å². The molecule has 0 aromatic heterocycles. The number of anilines is 2. The molecule has 1 aliphatic carbocycles. The smallest absolute Gasteiger partial charge is 0.257 e. The van der Waals surface area contributed by atoms with Crippen molar-refractivity contribution in [3.8, 4) is 0 Å². The molecule has 7 heteroatoms. The van der Waals surface area contributed by atoms with Crippen LogP contribution >= 0.6 is 31.9 Å². The zero-order valence-corrected chi connectivity index (χ0v) is 19.9. The fourth-order valence-electron chi connectivity index (χ4n) is 4.27. The minimum absolute atomic E-state index is 0.137. The van der Waals surface area contributed by atoms with Gasteiger partial charge in [0.2, 0.25) is 11.8 Å². The molecule has 156 valence electrons. The Morgan fingerprint density at radius 1 is 0.933 bits per heavy atom. The monoisotopic (exact) mass is 532 g/mol. The summed E-state index contributed by atoms with van der Waals surface area (Å²) in [4.78, 5) is 41.0. The molecule has 1 saturated heterocycles. The van der Waals surface area contributed by atoms with E-state index in [0.717, 1.165) is 11.1 Å². The van der Waals surface area contributed by atoms with Crippen molar-refractivity contribution in [2.45, 2.75) is 36.3 Å². The highest BCUT2D eigenvalue weighted by atomic mass is 79.9. The van der Waals surface area contributed by atoms with Crippen LogP contribution in [0.5, 0.6) is 0 Å². The molecule has 1 N–H and O–H groups in total. The summed E-state index contributed by atoms with van der Waals surface area (Å²) in [6.45, 7) is 3.93. The van der Waals surface area contributed by atoms with Crippen molar-refractivity contribution in [3.63, 3.8) is 0 Å². The highest BCUT2D eigenvalue weighted by molar-refractivity contribution is 9.12. The predicted molar refractivity (Wildman–Crippen MR) is 124 cm³/mol. The van der Waals surface area contributed by atoms with Crippen LogP contribution in [0.3, 0.4) is 0 Å². The highest BCUT2D eigenvalue weighted by Crippen LogP contribution is 2.45. The standard InChI is InChI=1S/C23H22Br2N2O3/c1-12-6-5-8-19(13(12)2)26-21(28)14-7-3-4-9-20(14)27-22(29)15-10-17(24)18(25)11-16(15)23(27)30/h3-9,15-18H,10-11H2,1-2H3,(H,26,28)/t15-,16-,17-,18+/m1/s1. The van der Waals surface area contributed by atoms with Crippen LogP contribution in [0.1, 0.15) is 34.3 Å². The topological polar surface area (TPSA) is 66.5 Å². The average molecular weight is 534 g/mol. The third-order valence-corrected chi connectivity index (χ3v) is 8.89. The molecule has 5 nitrogen and oxygen atoms in total. The van der Waals surface area contributed by atoms with Gasteiger partial charge in [-0.2, -0.15) is 0 Å². The number of hydrogen-bond acceptors (Lipinski definition) is 3. The summed E-state index contributed by atoms with van der Waals surface area (Å²) in [5.41, 5.74) is 3.43. The second kappa shape index (κ2) is 8.27. The molecule has 1 heterocycles. The number of nitrogens with one attached hydrogen (secondary N) is 1. The summed E-state index contributed by atoms with van der Waals surface area (Å²) < 4.78 is 0. The Kier molecular flexibility index (Phi) is 5.86. The number of imide groups is 1. The van der Waals surface area contributed by atoms with Gasteiger partial charge in [0.1, 0.15) is 0 Å². The van der Waals surface area contributed by atoms with E-state index in [9.17, 15) is 14.4 Å². The van der Waals surface area contributed by atoms with E-state index in [1.807, 2.05) is 32.0 Å². The summed E-state index contributed by atoms with van der Waals surface area (Å²) in [5, 5.41) is 2.93. The lowest BCUT2D eigenvalue weighted by molar-refractivity contribution is -0.122. The van der Waals surface area contributed by atoms with Crippen LogP contribution in [0.4, 0.5) is 11.4 Å². The lowest BCUT2D eigenvalue weighted by Crippen LogP contribution is -2.34. The fraction of sp³-hybridized carbons (Fsp3) is 0.348. The van der Waals surface area contributed by atoms with Gasteiger partial charge in [0.05, 0.1) is 23.1 Å². The van der Waals surface area contributed by atoms with Crippen molar-refractivity contribution in [2.75, 3.05) is 10.2 Å². The van der Waals surface area contributed by atoms with Gasteiger partial charge in [-0.25, -0.2) is 4.90 Å². The van der Waals surface area contributed by atoms with Crippen molar-refractivity contribution in [3.05, 3.63) is 59.2 Å².